The molecule has 1 amide bonds. The van der Waals surface area contributed by atoms with Gasteiger partial charge in [-0.2, -0.15) is 13.2 Å². The number of nitrogens with zero attached hydrogens (tertiary/aromatic N) is 2. The Morgan fingerprint density at radius 1 is 1.24 bits per heavy atom. The second kappa shape index (κ2) is 5.25. The van der Waals surface area contributed by atoms with Crippen LogP contribution in [0.5, 0.6) is 0 Å². The first kappa shape index (κ1) is 14.3. The van der Waals surface area contributed by atoms with E-state index in [4.69, 9.17) is 0 Å². The van der Waals surface area contributed by atoms with Gasteiger partial charge in [-0.05, 0) is 20.9 Å². The fourth-order valence-electron chi connectivity index (χ4n) is 2.46. The fraction of sp³-hybridized carbons (Fsp3) is 0.909. The summed E-state index contributed by atoms with van der Waals surface area (Å²) in [7, 11) is 1.95. The number of amides is 1. The molecule has 0 N–H and O–H groups in total. The molecule has 0 spiro atoms. The minimum Gasteiger partial charge on any atom is -0.335 e. The molecule has 1 aliphatic rings. The SMILES string of the molecule is CC1CN(C)CC(C)N1C(=O)CCC(F)(F)F. The molecule has 0 aromatic carbocycles. The Labute approximate surface area is 99.6 Å². The highest BCUT2D eigenvalue weighted by Gasteiger charge is 2.34. The van der Waals surface area contributed by atoms with Crippen LogP contribution >= 0.6 is 0 Å². The molecule has 17 heavy (non-hydrogen) atoms. The number of carbonyl (C=O) groups excluding carboxylic acids is 1. The van der Waals surface area contributed by atoms with E-state index >= 15 is 0 Å². The van der Waals surface area contributed by atoms with E-state index < -0.39 is 24.9 Å². The number of halogens is 3. The molecule has 2 unspecified atom stereocenters. The van der Waals surface area contributed by atoms with Crippen molar-refractivity contribution in [2.75, 3.05) is 20.1 Å². The third kappa shape index (κ3) is 4.18. The number of likely N-dealkylation sites (N-methyl/N-ethyl adjacent to an activating group) is 1. The van der Waals surface area contributed by atoms with Crippen LogP contribution in [0.15, 0.2) is 0 Å². The van der Waals surface area contributed by atoms with Gasteiger partial charge < -0.3 is 9.80 Å². The van der Waals surface area contributed by atoms with Crippen LogP contribution in [0, 0.1) is 0 Å². The van der Waals surface area contributed by atoms with Crippen LogP contribution < -0.4 is 0 Å². The predicted molar refractivity (Wildman–Crippen MR) is 58.6 cm³/mol. The van der Waals surface area contributed by atoms with Crippen LogP contribution in [0.25, 0.3) is 0 Å². The van der Waals surface area contributed by atoms with Gasteiger partial charge in [0.05, 0.1) is 6.42 Å². The lowest BCUT2D eigenvalue weighted by Crippen LogP contribution is -2.57. The summed E-state index contributed by atoms with van der Waals surface area (Å²) in [5.41, 5.74) is 0. The lowest BCUT2D eigenvalue weighted by Gasteiger charge is -2.43. The number of carbonyl (C=O) groups is 1. The maximum atomic E-state index is 12.1. The van der Waals surface area contributed by atoms with Gasteiger partial charge in [-0.25, -0.2) is 0 Å². The molecular weight excluding hydrogens is 233 g/mol. The first-order chi connectivity index (χ1) is 7.70. The van der Waals surface area contributed by atoms with Crippen molar-refractivity contribution in [1.29, 1.82) is 0 Å². The normalized spacial score (nSPS) is 27.3. The topological polar surface area (TPSA) is 23.6 Å². The van der Waals surface area contributed by atoms with Gasteiger partial charge in [0.2, 0.25) is 5.91 Å². The number of hydrogen-bond acceptors (Lipinski definition) is 2. The summed E-state index contributed by atoms with van der Waals surface area (Å²) in [4.78, 5) is 15.5. The Balaban J connectivity index is 2.56. The summed E-state index contributed by atoms with van der Waals surface area (Å²) in [6, 6.07) is -0.0473. The van der Waals surface area contributed by atoms with Crippen LogP contribution in [0.1, 0.15) is 26.7 Å². The molecule has 2 atom stereocenters. The zero-order chi connectivity index (χ0) is 13.2. The van der Waals surface area contributed by atoms with Crippen LogP contribution in [0.3, 0.4) is 0 Å². The van der Waals surface area contributed by atoms with Gasteiger partial charge in [0.15, 0.2) is 0 Å². The maximum absolute atomic E-state index is 12.1. The van der Waals surface area contributed by atoms with Crippen LogP contribution in [0.4, 0.5) is 13.2 Å². The first-order valence-corrected chi connectivity index (χ1v) is 5.77. The van der Waals surface area contributed by atoms with Crippen molar-refractivity contribution in [2.45, 2.75) is 44.9 Å². The van der Waals surface area contributed by atoms with E-state index in [2.05, 4.69) is 4.90 Å². The lowest BCUT2D eigenvalue weighted by molar-refractivity contribution is -0.153. The number of rotatable bonds is 2. The number of hydrogen-bond donors (Lipinski definition) is 0. The summed E-state index contributed by atoms with van der Waals surface area (Å²) >= 11 is 0. The van der Waals surface area contributed by atoms with Crippen molar-refractivity contribution in [3.63, 3.8) is 0 Å². The molecule has 1 rings (SSSR count). The van der Waals surface area contributed by atoms with Gasteiger partial charge in [0.1, 0.15) is 0 Å². The molecule has 0 aliphatic carbocycles. The highest BCUT2D eigenvalue weighted by atomic mass is 19.4. The lowest BCUT2D eigenvalue weighted by atomic mass is 10.1. The highest BCUT2D eigenvalue weighted by Crippen LogP contribution is 2.23. The standard InChI is InChI=1S/C11H19F3N2O/c1-8-6-15(3)7-9(2)16(8)10(17)4-5-11(12,13)14/h8-9H,4-7H2,1-3H3. The molecule has 100 valence electrons. The third-order valence-electron chi connectivity index (χ3n) is 3.01. The zero-order valence-corrected chi connectivity index (χ0v) is 10.4. The second-order valence-electron chi connectivity index (χ2n) is 4.84. The monoisotopic (exact) mass is 252 g/mol. The molecule has 0 radical (unpaired) electrons. The van der Waals surface area contributed by atoms with E-state index in [-0.39, 0.29) is 12.1 Å². The van der Waals surface area contributed by atoms with Crippen molar-refractivity contribution in [2.24, 2.45) is 0 Å². The Morgan fingerprint density at radius 3 is 2.12 bits per heavy atom. The molecule has 0 aromatic heterocycles. The van der Waals surface area contributed by atoms with Gasteiger partial charge >= 0.3 is 6.18 Å². The van der Waals surface area contributed by atoms with Crippen LogP contribution in [-0.2, 0) is 4.79 Å². The summed E-state index contributed by atoms with van der Waals surface area (Å²) in [5.74, 6) is -0.393. The van der Waals surface area contributed by atoms with E-state index in [1.54, 1.807) is 4.90 Å². The average Bonchev–Trinajstić information content (AvgIpc) is 2.11. The molecule has 0 aromatic rings. The van der Waals surface area contributed by atoms with Crippen molar-refractivity contribution in [3.05, 3.63) is 0 Å². The smallest absolute Gasteiger partial charge is 0.335 e. The Kier molecular flexibility index (Phi) is 4.41. The summed E-state index contributed by atoms with van der Waals surface area (Å²) in [5, 5.41) is 0. The summed E-state index contributed by atoms with van der Waals surface area (Å²) in [6.45, 7) is 5.17. The Morgan fingerprint density at radius 2 is 1.71 bits per heavy atom. The molecule has 6 heteroatoms. The zero-order valence-electron chi connectivity index (χ0n) is 10.4. The third-order valence-corrected chi connectivity index (χ3v) is 3.01. The van der Waals surface area contributed by atoms with Gasteiger partial charge in [-0.1, -0.05) is 0 Å². The second-order valence-corrected chi connectivity index (χ2v) is 4.84. The van der Waals surface area contributed by atoms with E-state index in [0.717, 1.165) is 0 Å². The van der Waals surface area contributed by atoms with Crippen molar-refractivity contribution in [1.82, 2.24) is 9.80 Å². The van der Waals surface area contributed by atoms with E-state index in [0.29, 0.717) is 13.1 Å². The van der Waals surface area contributed by atoms with E-state index in [1.807, 2.05) is 20.9 Å². The predicted octanol–water partition coefficient (Wildman–Crippen LogP) is 1.88. The van der Waals surface area contributed by atoms with Gasteiger partial charge in [0.25, 0.3) is 0 Å². The van der Waals surface area contributed by atoms with Crippen molar-refractivity contribution >= 4 is 5.91 Å². The highest BCUT2D eigenvalue weighted by molar-refractivity contribution is 5.77. The minimum absolute atomic E-state index is 0.0236. The molecule has 1 heterocycles. The van der Waals surface area contributed by atoms with E-state index in [1.165, 1.54) is 0 Å². The summed E-state index contributed by atoms with van der Waals surface area (Å²) < 4.78 is 36.2. The molecule has 3 nitrogen and oxygen atoms in total. The van der Waals surface area contributed by atoms with Gasteiger partial charge in [0, 0.05) is 31.6 Å². The number of alkyl halides is 3. The van der Waals surface area contributed by atoms with Gasteiger partial charge in [-0.3, -0.25) is 4.79 Å². The maximum Gasteiger partial charge on any atom is 0.389 e. The molecule has 0 saturated carbocycles. The summed E-state index contributed by atoms with van der Waals surface area (Å²) in [6.07, 6.45) is -5.73. The Bertz CT molecular complexity index is 268. The van der Waals surface area contributed by atoms with Crippen molar-refractivity contribution in [3.8, 4) is 0 Å². The first-order valence-electron chi connectivity index (χ1n) is 5.77. The largest absolute Gasteiger partial charge is 0.389 e. The van der Waals surface area contributed by atoms with Crippen molar-refractivity contribution < 1.29 is 18.0 Å². The molecule has 1 aliphatic heterocycles. The Hall–Kier alpha value is -0.780. The fourth-order valence-corrected chi connectivity index (χ4v) is 2.46. The van der Waals surface area contributed by atoms with Gasteiger partial charge in [-0.15, -0.1) is 0 Å². The molecular formula is C11H19F3N2O. The minimum atomic E-state index is -4.26. The molecule has 1 saturated heterocycles. The van der Waals surface area contributed by atoms with Crippen LogP contribution in [-0.4, -0.2) is 54.1 Å². The molecule has 0 bridgehead atoms. The van der Waals surface area contributed by atoms with Crippen LogP contribution in [0.2, 0.25) is 0 Å². The van der Waals surface area contributed by atoms with E-state index in [9.17, 15) is 18.0 Å². The quantitative estimate of drug-likeness (QED) is 0.749. The molecule has 1 fully saturated rings. The average molecular weight is 252 g/mol. The number of piperazine rings is 1.